The van der Waals surface area contributed by atoms with Crippen molar-refractivity contribution in [2.45, 2.75) is 97.1 Å². The molecule has 6 atom stereocenters. The van der Waals surface area contributed by atoms with Crippen LogP contribution in [0.2, 0.25) is 0 Å². The molecule has 0 saturated heterocycles. The average molecular weight is 690 g/mol. The number of carboxylic acids is 2. The minimum Gasteiger partial charge on any atom is -0.481 e. The number of hydrogen-bond acceptors (Lipinski definition) is 10. The fourth-order valence-corrected chi connectivity index (χ4v) is 4.36. The summed E-state index contributed by atoms with van der Waals surface area (Å²) in [5.74, 6) is -8.73. The van der Waals surface area contributed by atoms with Gasteiger partial charge in [-0.3, -0.25) is 33.8 Å². The molecule has 0 heterocycles. The van der Waals surface area contributed by atoms with Gasteiger partial charge in [0.2, 0.25) is 29.5 Å². The number of thiol groups is 1. The summed E-state index contributed by atoms with van der Waals surface area (Å²) in [6.07, 6.45) is -0.313. The molecule has 0 aromatic carbocycles. The quantitative estimate of drug-likeness (QED) is 0.0253. The number of nitrogens with two attached hydrogens (primary N) is 3. The van der Waals surface area contributed by atoms with Gasteiger partial charge >= 0.3 is 11.9 Å². The molecule has 0 saturated carbocycles. The Morgan fingerprint density at radius 2 is 1.09 bits per heavy atom. The first-order valence-electron chi connectivity index (χ1n) is 15.1. The van der Waals surface area contributed by atoms with E-state index in [1.165, 1.54) is 0 Å². The predicted octanol–water partition coefficient (Wildman–Crippen LogP) is -2.75. The van der Waals surface area contributed by atoms with E-state index in [0.717, 1.165) is 0 Å². The smallest absolute Gasteiger partial charge is 0.326 e. The first-order chi connectivity index (χ1) is 21.7. The van der Waals surface area contributed by atoms with Crippen molar-refractivity contribution in [2.75, 3.05) is 12.3 Å². The Morgan fingerprint density at radius 1 is 0.660 bits per heavy atom. The van der Waals surface area contributed by atoms with Crippen LogP contribution in [-0.2, 0) is 33.6 Å². The summed E-state index contributed by atoms with van der Waals surface area (Å²) < 4.78 is 0. The number of carbonyl (C=O) groups excluding carboxylic acids is 5. The van der Waals surface area contributed by atoms with Crippen molar-refractivity contribution in [1.82, 2.24) is 26.6 Å². The van der Waals surface area contributed by atoms with E-state index >= 15 is 0 Å². The molecule has 0 spiro atoms. The SMILES string of the molecule is CC(C)[C@H](NC(=O)[C@@H](NC(=O)[C@@H](NC(=O)[C@H](CC(=O)O)NC(=O)[C@H](CS)NC(=O)[C@@H](N)CCCN=C(N)N)C(C)C)C(C)C)C(=O)O. The second kappa shape index (κ2) is 20.9. The van der Waals surface area contributed by atoms with E-state index in [2.05, 4.69) is 44.2 Å². The van der Waals surface area contributed by atoms with Crippen LogP contribution in [0, 0.1) is 17.8 Å². The minimum atomic E-state index is -1.67. The van der Waals surface area contributed by atoms with Crippen LogP contribution in [-0.4, -0.2) is 106 Å². The summed E-state index contributed by atoms with van der Waals surface area (Å²) in [6, 6.07) is -7.67. The summed E-state index contributed by atoms with van der Waals surface area (Å²) in [4.78, 5) is 92.0. The Morgan fingerprint density at radius 3 is 1.49 bits per heavy atom. The second-order valence-electron chi connectivity index (χ2n) is 12.0. The van der Waals surface area contributed by atoms with Gasteiger partial charge in [0.1, 0.15) is 30.2 Å². The van der Waals surface area contributed by atoms with Crippen molar-refractivity contribution < 1.29 is 43.8 Å². The maximum Gasteiger partial charge on any atom is 0.326 e. The van der Waals surface area contributed by atoms with Gasteiger partial charge in [0.05, 0.1) is 12.5 Å². The molecule has 0 aromatic heterocycles. The van der Waals surface area contributed by atoms with Crippen LogP contribution in [0.3, 0.4) is 0 Å². The topological polar surface area (TPSA) is 311 Å². The number of carboxylic acid groups (broad SMARTS) is 2. The van der Waals surface area contributed by atoms with E-state index in [1.54, 1.807) is 41.5 Å². The third-order valence-electron chi connectivity index (χ3n) is 6.86. The van der Waals surface area contributed by atoms with Gasteiger partial charge in [0.25, 0.3) is 0 Å². The average Bonchev–Trinajstić information content (AvgIpc) is 2.95. The summed E-state index contributed by atoms with van der Waals surface area (Å²) in [6.45, 7) is 9.90. The molecular weight excluding hydrogens is 638 g/mol. The van der Waals surface area contributed by atoms with E-state index in [-0.39, 0.29) is 24.7 Å². The normalized spacial score (nSPS) is 15.0. The van der Waals surface area contributed by atoms with E-state index in [4.69, 9.17) is 17.2 Å². The summed E-state index contributed by atoms with van der Waals surface area (Å²) in [5, 5.41) is 30.9. The Bertz CT molecular complexity index is 1150. The zero-order valence-electron chi connectivity index (χ0n) is 27.6. The molecule has 0 aliphatic heterocycles. The summed E-state index contributed by atoms with van der Waals surface area (Å²) >= 11 is 4.07. The maximum absolute atomic E-state index is 13.3. The highest BCUT2D eigenvalue weighted by molar-refractivity contribution is 7.80. The lowest BCUT2D eigenvalue weighted by molar-refractivity contribution is -0.144. The van der Waals surface area contributed by atoms with Crippen molar-refractivity contribution >= 4 is 60.1 Å². The number of amides is 5. The minimum absolute atomic E-state index is 0.116. The fourth-order valence-electron chi connectivity index (χ4n) is 4.10. The highest BCUT2D eigenvalue weighted by Gasteiger charge is 2.35. The Kier molecular flexibility index (Phi) is 19.0. The molecule has 13 N–H and O–H groups in total. The summed E-state index contributed by atoms with van der Waals surface area (Å²) in [5.41, 5.74) is 16.4. The molecule has 0 unspecified atom stereocenters. The molecule has 5 amide bonds. The monoisotopic (exact) mass is 689 g/mol. The van der Waals surface area contributed by atoms with Crippen molar-refractivity contribution in [2.24, 2.45) is 39.9 Å². The number of aliphatic carboxylic acids is 2. The van der Waals surface area contributed by atoms with Crippen molar-refractivity contribution in [1.29, 1.82) is 0 Å². The van der Waals surface area contributed by atoms with Gasteiger partial charge in [-0.15, -0.1) is 0 Å². The highest BCUT2D eigenvalue weighted by atomic mass is 32.1. The van der Waals surface area contributed by atoms with Gasteiger partial charge in [-0.05, 0) is 30.6 Å². The lowest BCUT2D eigenvalue weighted by Crippen LogP contribution is -2.61. The molecule has 18 nitrogen and oxygen atoms in total. The number of nitrogens with zero attached hydrogens (tertiary/aromatic N) is 1. The number of carbonyl (C=O) groups is 7. The Labute approximate surface area is 279 Å². The van der Waals surface area contributed by atoms with Gasteiger partial charge in [0, 0.05) is 12.3 Å². The summed E-state index contributed by atoms with van der Waals surface area (Å²) in [7, 11) is 0. The standard InChI is InChI=1S/C28H51N9O9S/c1-12(2)19(25(43)36-20(13(3)4)26(44)37-21(14(5)6)27(45)46)35-23(41)16(10-18(38)39)33-24(42)17(11-47)34-22(40)15(29)8-7-9-32-28(30)31/h12-17,19-21,47H,7-11,29H2,1-6H3,(H,33,42)(H,34,40)(H,35,41)(H,36,43)(H,37,44)(H,38,39)(H,45,46)(H4,30,31,32)/t15-,16-,17-,19-,20-,21-/m0/s1. The van der Waals surface area contributed by atoms with Crippen LogP contribution in [0.1, 0.15) is 60.8 Å². The number of guanidine groups is 1. The number of hydrogen-bond donors (Lipinski definition) is 11. The first-order valence-corrected chi connectivity index (χ1v) is 15.7. The molecule has 0 aliphatic carbocycles. The van der Waals surface area contributed by atoms with Crippen LogP contribution >= 0.6 is 12.6 Å². The van der Waals surface area contributed by atoms with Crippen LogP contribution in [0.5, 0.6) is 0 Å². The molecule has 19 heteroatoms. The molecule has 0 fully saturated rings. The zero-order chi connectivity index (χ0) is 36.6. The number of aliphatic imine (C=N–C) groups is 1. The van der Waals surface area contributed by atoms with Gasteiger partial charge in [0.15, 0.2) is 5.96 Å². The van der Waals surface area contributed by atoms with Gasteiger partial charge in [-0.1, -0.05) is 41.5 Å². The third kappa shape index (κ3) is 15.8. The molecule has 47 heavy (non-hydrogen) atoms. The molecule has 0 rings (SSSR count). The Hall–Kier alpha value is -4.13. The highest BCUT2D eigenvalue weighted by Crippen LogP contribution is 2.10. The van der Waals surface area contributed by atoms with Gasteiger partial charge in [-0.25, -0.2) is 4.79 Å². The number of nitrogens with one attached hydrogen (secondary N) is 5. The van der Waals surface area contributed by atoms with Crippen molar-refractivity contribution in [3.05, 3.63) is 0 Å². The van der Waals surface area contributed by atoms with Crippen LogP contribution in [0.4, 0.5) is 0 Å². The lowest BCUT2D eigenvalue weighted by atomic mass is 9.98. The second-order valence-corrected chi connectivity index (χ2v) is 12.4. The Balaban J connectivity index is 5.74. The van der Waals surface area contributed by atoms with E-state index in [0.29, 0.717) is 6.42 Å². The van der Waals surface area contributed by atoms with Gasteiger partial charge < -0.3 is 54.0 Å². The molecule has 268 valence electrons. The molecular formula is C28H51N9O9S. The predicted molar refractivity (Wildman–Crippen MR) is 176 cm³/mol. The van der Waals surface area contributed by atoms with Crippen LogP contribution < -0.4 is 43.8 Å². The van der Waals surface area contributed by atoms with E-state index in [1.807, 2.05) is 0 Å². The molecule has 0 bridgehead atoms. The van der Waals surface area contributed by atoms with E-state index < -0.39 is 102 Å². The number of rotatable bonds is 21. The molecule has 0 aliphatic rings. The molecule has 0 radical (unpaired) electrons. The van der Waals surface area contributed by atoms with Gasteiger partial charge in [-0.2, -0.15) is 12.6 Å². The maximum atomic E-state index is 13.3. The van der Waals surface area contributed by atoms with Crippen LogP contribution in [0.15, 0.2) is 4.99 Å². The van der Waals surface area contributed by atoms with E-state index in [9.17, 15) is 43.8 Å². The third-order valence-corrected chi connectivity index (χ3v) is 7.22. The fraction of sp³-hybridized carbons (Fsp3) is 0.714. The van der Waals surface area contributed by atoms with Crippen molar-refractivity contribution in [3.8, 4) is 0 Å². The zero-order valence-corrected chi connectivity index (χ0v) is 28.5. The lowest BCUT2D eigenvalue weighted by Gasteiger charge is -2.29. The van der Waals surface area contributed by atoms with Crippen molar-refractivity contribution in [3.63, 3.8) is 0 Å². The largest absolute Gasteiger partial charge is 0.481 e. The van der Waals surface area contributed by atoms with Crippen LogP contribution in [0.25, 0.3) is 0 Å². The first kappa shape index (κ1) is 42.9. The molecule has 0 aromatic rings.